The van der Waals surface area contributed by atoms with Crippen LogP contribution in [0.1, 0.15) is 31.4 Å². The van der Waals surface area contributed by atoms with Gasteiger partial charge in [-0.3, -0.25) is 9.69 Å². The van der Waals surface area contributed by atoms with E-state index in [0.717, 1.165) is 19.4 Å². The van der Waals surface area contributed by atoms with E-state index in [1.807, 2.05) is 6.92 Å². The first-order valence-corrected chi connectivity index (χ1v) is 12.6. The molecule has 2 atom stereocenters. The number of nitrogens with zero attached hydrogens (tertiary/aromatic N) is 2. The van der Waals surface area contributed by atoms with Crippen molar-refractivity contribution in [3.8, 4) is 0 Å². The molecule has 0 bridgehead atoms. The predicted octanol–water partition coefficient (Wildman–Crippen LogP) is 2.93. The molecule has 0 radical (unpaired) electrons. The van der Waals surface area contributed by atoms with E-state index in [2.05, 4.69) is 27.0 Å². The molecule has 1 amide bonds. The molecule has 0 saturated carbocycles. The number of nitrogens with one attached hydrogen (secondary N) is 1. The molecule has 7 nitrogen and oxygen atoms in total. The van der Waals surface area contributed by atoms with Crippen LogP contribution in [-0.2, 0) is 19.6 Å². The number of ether oxygens (including phenoxy) is 1. The van der Waals surface area contributed by atoms with Crippen molar-refractivity contribution in [1.82, 2.24) is 9.21 Å². The van der Waals surface area contributed by atoms with Gasteiger partial charge in [-0.2, -0.15) is 15.6 Å². The molecule has 0 aliphatic carbocycles. The highest BCUT2D eigenvalue weighted by molar-refractivity contribution is 7.89. The summed E-state index contributed by atoms with van der Waals surface area (Å²) in [7, 11) is -3.54. The molecule has 2 unspecified atom stereocenters. The van der Waals surface area contributed by atoms with E-state index in [0.29, 0.717) is 32.0 Å². The Kier molecular flexibility index (Phi) is 6.54. The van der Waals surface area contributed by atoms with E-state index in [4.69, 9.17) is 4.74 Å². The highest BCUT2D eigenvalue weighted by Gasteiger charge is 2.33. The lowest BCUT2D eigenvalue weighted by molar-refractivity contribution is -0.121. The van der Waals surface area contributed by atoms with E-state index < -0.39 is 10.0 Å². The van der Waals surface area contributed by atoms with Crippen LogP contribution < -0.4 is 5.32 Å². The van der Waals surface area contributed by atoms with Crippen LogP contribution in [0.2, 0.25) is 0 Å². The minimum absolute atomic E-state index is 0.0825. The van der Waals surface area contributed by atoms with Crippen molar-refractivity contribution < 1.29 is 17.9 Å². The first kappa shape index (κ1) is 21.5. The lowest BCUT2D eigenvalue weighted by Crippen LogP contribution is -2.41. The third kappa shape index (κ3) is 4.45. The van der Waals surface area contributed by atoms with Crippen LogP contribution in [0.15, 0.2) is 46.0 Å². The maximum Gasteiger partial charge on any atom is 0.243 e. The molecule has 0 spiro atoms. The van der Waals surface area contributed by atoms with Gasteiger partial charge in [0.25, 0.3) is 0 Å². The molecule has 2 aliphatic heterocycles. The zero-order chi connectivity index (χ0) is 21.1. The van der Waals surface area contributed by atoms with Gasteiger partial charge in [0.15, 0.2) is 0 Å². The van der Waals surface area contributed by atoms with Crippen molar-refractivity contribution in [2.75, 3.05) is 38.2 Å². The molecule has 30 heavy (non-hydrogen) atoms. The Hall–Kier alpha value is -1.78. The number of rotatable bonds is 6. The van der Waals surface area contributed by atoms with Gasteiger partial charge in [-0.25, -0.2) is 8.42 Å². The van der Waals surface area contributed by atoms with E-state index in [1.54, 1.807) is 35.6 Å². The van der Waals surface area contributed by atoms with E-state index in [1.165, 1.54) is 9.87 Å². The highest BCUT2D eigenvalue weighted by atomic mass is 32.2. The summed E-state index contributed by atoms with van der Waals surface area (Å²) in [5, 5.41) is 7.16. The first-order chi connectivity index (χ1) is 14.5. The standard InChI is InChI=1S/C21H27N3O4S2/c1-16(24-9-2-3-20(24)17-8-14-29-15-17)21(25)22-18-4-6-19(7-5-18)30(26,27)23-10-12-28-13-11-23/h4-8,14-16,20H,2-3,9-13H2,1H3,(H,22,25). The number of hydrogen-bond donors (Lipinski definition) is 1. The fourth-order valence-corrected chi connectivity index (χ4v) is 6.23. The number of amides is 1. The molecule has 9 heteroatoms. The summed E-state index contributed by atoms with van der Waals surface area (Å²) < 4.78 is 32.1. The average molecular weight is 450 g/mol. The quantitative estimate of drug-likeness (QED) is 0.734. The number of likely N-dealkylation sites (tertiary alicyclic amines) is 1. The molecular weight excluding hydrogens is 422 g/mol. The summed E-state index contributed by atoms with van der Waals surface area (Å²) >= 11 is 1.68. The number of anilines is 1. The summed E-state index contributed by atoms with van der Waals surface area (Å²) in [5.41, 5.74) is 1.87. The van der Waals surface area contributed by atoms with Crippen LogP contribution in [0.25, 0.3) is 0 Å². The number of carbonyl (C=O) groups excluding carboxylic acids is 1. The summed E-state index contributed by atoms with van der Waals surface area (Å²) in [4.78, 5) is 15.3. The second-order valence-corrected chi connectivity index (χ2v) is 10.4. The molecule has 2 saturated heterocycles. The Morgan fingerprint density at radius 1 is 1.17 bits per heavy atom. The zero-order valence-corrected chi connectivity index (χ0v) is 18.6. The molecule has 2 aliphatic rings. The predicted molar refractivity (Wildman–Crippen MR) is 117 cm³/mol. The topological polar surface area (TPSA) is 79.0 Å². The van der Waals surface area contributed by atoms with Crippen LogP contribution in [0.4, 0.5) is 5.69 Å². The van der Waals surface area contributed by atoms with Crippen LogP contribution in [-0.4, -0.2) is 62.4 Å². The SMILES string of the molecule is CC(C(=O)Nc1ccc(S(=O)(=O)N2CCOCC2)cc1)N1CCCC1c1ccsc1. The van der Waals surface area contributed by atoms with Crippen molar-refractivity contribution in [3.63, 3.8) is 0 Å². The second-order valence-electron chi connectivity index (χ2n) is 7.66. The average Bonchev–Trinajstić information content (AvgIpc) is 3.46. The first-order valence-electron chi connectivity index (χ1n) is 10.2. The lowest BCUT2D eigenvalue weighted by Gasteiger charge is -2.29. The zero-order valence-electron chi connectivity index (χ0n) is 17.0. The van der Waals surface area contributed by atoms with Gasteiger partial charge in [0.05, 0.1) is 24.2 Å². The summed E-state index contributed by atoms with van der Waals surface area (Å²) in [6.45, 7) is 4.37. The van der Waals surface area contributed by atoms with E-state index in [-0.39, 0.29) is 22.9 Å². The van der Waals surface area contributed by atoms with Crippen molar-refractivity contribution in [1.29, 1.82) is 0 Å². The van der Waals surface area contributed by atoms with Crippen LogP contribution >= 0.6 is 11.3 Å². The van der Waals surface area contributed by atoms with Gasteiger partial charge in [0, 0.05) is 24.8 Å². The molecule has 1 N–H and O–H groups in total. The smallest absolute Gasteiger partial charge is 0.243 e. The molecule has 4 rings (SSSR count). The second kappa shape index (κ2) is 9.15. The molecule has 162 valence electrons. The van der Waals surface area contributed by atoms with Crippen molar-refractivity contribution in [3.05, 3.63) is 46.7 Å². The van der Waals surface area contributed by atoms with Crippen molar-refractivity contribution >= 4 is 33.0 Å². The summed E-state index contributed by atoms with van der Waals surface area (Å²) in [6, 6.07) is 8.54. The normalized spacial score (nSPS) is 22.1. The number of thiophene rings is 1. The van der Waals surface area contributed by atoms with Gasteiger partial charge in [0.2, 0.25) is 15.9 Å². The van der Waals surface area contributed by atoms with Crippen molar-refractivity contribution in [2.45, 2.75) is 36.7 Å². The van der Waals surface area contributed by atoms with Gasteiger partial charge in [0.1, 0.15) is 0 Å². The Balaban J connectivity index is 1.41. The van der Waals surface area contributed by atoms with Gasteiger partial charge in [-0.05, 0) is 73.0 Å². The Morgan fingerprint density at radius 2 is 1.90 bits per heavy atom. The summed E-state index contributed by atoms with van der Waals surface area (Å²) in [5.74, 6) is -0.0825. The number of morpholine rings is 1. The fourth-order valence-electron chi connectivity index (χ4n) is 4.12. The summed E-state index contributed by atoms with van der Waals surface area (Å²) in [6.07, 6.45) is 2.13. The van der Waals surface area contributed by atoms with Crippen LogP contribution in [0.5, 0.6) is 0 Å². The largest absolute Gasteiger partial charge is 0.379 e. The Labute approximate surface area is 181 Å². The molecule has 1 aromatic heterocycles. The monoisotopic (exact) mass is 449 g/mol. The van der Waals surface area contributed by atoms with Crippen LogP contribution in [0, 0.1) is 0 Å². The molecular formula is C21H27N3O4S2. The van der Waals surface area contributed by atoms with Gasteiger partial charge in [-0.1, -0.05) is 0 Å². The number of carbonyl (C=O) groups is 1. The van der Waals surface area contributed by atoms with Crippen LogP contribution in [0.3, 0.4) is 0 Å². The fraction of sp³-hybridized carbons (Fsp3) is 0.476. The number of benzene rings is 1. The number of hydrogen-bond acceptors (Lipinski definition) is 6. The minimum Gasteiger partial charge on any atom is -0.379 e. The molecule has 2 aromatic rings. The minimum atomic E-state index is -3.54. The molecule has 3 heterocycles. The van der Waals surface area contributed by atoms with E-state index >= 15 is 0 Å². The van der Waals surface area contributed by atoms with Gasteiger partial charge >= 0.3 is 0 Å². The van der Waals surface area contributed by atoms with Gasteiger partial charge < -0.3 is 10.1 Å². The third-order valence-corrected chi connectivity index (χ3v) is 8.44. The molecule has 1 aromatic carbocycles. The molecule has 2 fully saturated rings. The maximum atomic E-state index is 12.9. The van der Waals surface area contributed by atoms with Gasteiger partial charge in [-0.15, -0.1) is 0 Å². The Bertz CT molecular complexity index is 955. The number of sulfonamides is 1. The maximum absolute atomic E-state index is 12.9. The lowest BCUT2D eigenvalue weighted by atomic mass is 10.1. The highest BCUT2D eigenvalue weighted by Crippen LogP contribution is 2.34. The van der Waals surface area contributed by atoms with Crippen molar-refractivity contribution in [2.24, 2.45) is 0 Å². The Morgan fingerprint density at radius 3 is 2.57 bits per heavy atom. The van der Waals surface area contributed by atoms with E-state index in [9.17, 15) is 13.2 Å². The third-order valence-electron chi connectivity index (χ3n) is 5.83.